The number of halogens is 2. The van der Waals surface area contributed by atoms with Crippen molar-refractivity contribution in [3.05, 3.63) is 50.7 Å². The van der Waals surface area contributed by atoms with E-state index in [2.05, 4.69) is 10.3 Å². The van der Waals surface area contributed by atoms with E-state index in [1.165, 1.54) is 29.5 Å². The van der Waals surface area contributed by atoms with Gasteiger partial charge in [0.25, 0.3) is 5.91 Å². The van der Waals surface area contributed by atoms with E-state index >= 15 is 0 Å². The number of thiazole rings is 1. The molecule has 0 bridgehead atoms. The number of nitrogens with zero attached hydrogens (tertiary/aromatic N) is 1. The van der Waals surface area contributed by atoms with E-state index < -0.39 is 11.7 Å². The molecule has 18 heavy (non-hydrogen) atoms. The Morgan fingerprint density at radius 1 is 1.56 bits per heavy atom. The largest absolute Gasteiger partial charge is 0.345 e. The number of carbonyl (C=O) groups is 1. The molecule has 0 unspecified atom stereocenters. The number of rotatable bonds is 3. The first-order valence-electron chi connectivity index (χ1n) is 5.20. The highest BCUT2D eigenvalue weighted by molar-refractivity contribution is 7.09. The second kappa shape index (κ2) is 5.46. The molecule has 0 aliphatic rings. The molecule has 2 aromatic rings. The highest BCUT2D eigenvalue weighted by atomic mass is 35.5. The van der Waals surface area contributed by atoms with E-state index in [9.17, 15) is 9.18 Å². The van der Waals surface area contributed by atoms with Gasteiger partial charge in [0.05, 0.1) is 12.1 Å². The normalized spacial score (nSPS) is 10.4. The van der Waals surface area contributed by atoms with Gasteiger partial charge in [0.2, 0.25) is 0 Å². The fourth-order valence-corrected chi connectivity index (χ4v) is 2.29. The third-order valence-electron chi connectivity index (χ3n) is 2.24. The molecule has 1 heterocycles. The van der Waals surface area contributed by atoms with Crippen molar-refractivity contribution >= 4 is 28.8 Å². The van der Waals surface area contributed by atoms with Crippen molar-refractivity contribution in [1.82, 2.24) is 10.3 Å². The molecule has 6 heteroatoms. The van der Waals surface area contributed by atoms with Gasteiger partial charge in [-0.15, -0.1) is 11.3 Å². The quantitative estimate of drug-likeness (QED) is 0.940. The van der Waals surface area contributed by atoms with Gasteiger partial charge >= 0.3 is 0 Å². The summed E-state index contributed by atoms with van der Waals surface area (Å²) in [5.74, 6) is -1.09. The van der Waals surface area contributed by atoms with Crippen LogP contribution in [0.3, 0.4) is 0 Å². The van der Waals surface area contributed by atoms with Crippen LogP contribution >= 0.6 is 22.9 Å². The Bertz CT molecular complexity index is 585. The first-order valence-corrected chi connectivity index (χ1v) is 6.46. The van der Waals surface area contributed by atoms with Crippen LogP contribution in [-0.2, 0) is 6.54 Å². The van der Waals surface area contributed by atoms with Crippen LogP contribution in [0, 0.1) is 12.7 Å². The van der Waals surface area contributed by atoms with Crippen LogP contribution in [0.5, 0.6) is 0 Å². The van der Waals surface area contributed by atoms with E-state index in [0.29, 0.717) is 5.02 Å². The fourth-order valence-electron chi connectivity index (χ4n) is 1.41. The lowest BCUT2D eigenvalue weighted by Gasteiger charge is -2.04. The molecule has 0 saturated carbocycles. The number of amides is 1. The summed E-state index contributed by atoms with van der Waals surface area (Å²) in [6.07, 6.45) is 0. The molecule has 3 nitrogen and oxygen atoms in total. The summed E-state index contributed by atoms with van der Waals surface area (Å²) in [5, 5.41) is 5.60. The Hall–Kier alpha value is -1.46. The monoisotopic (exact) mass is 284 g/mol. The summed E-state index contributed by atoms with van der Waals surface area (Å²) >= 11 is 7.17. The molecule has 0 spiro atoms. The third kappa shape index (κ3) is 3.05. The summed E-state index contributed by atoms with van der Waals surface area (Å²) < 4.78 is 13.4. The molecule has 1 aromatic heterocycles. The van der Waals surface area contributed by atoms with Crippen LogP contribution in [0.1, 0.15) is 21.1 Å². The molecule has 2 rings (SSSR count). The molecule has 0 aliphatic heterocycles. The Kier molecular flexibility index (Phi) is 3.93. The van der Waals surface area contributed by atoms with Crippen LogP contribution in [0.25, 0.3) is 0 Å². The van der Waals surface area contributed by atoms with Gasteiger partial charge in [-0.1, -0.05) is 11.6 Å². The van der Waals surface area contributed by atoms with Crippen molar-refractivity contribution in [2.75, 3.05) is 0 Å². The maximum atomic E-state index is 13.4. The number of nitrogens with one attached hydrogen (secondary N) is 1. The zero-order chi connectivity index (χ0) is 13.1. The molecule has 0 aliphatic carbocycles. The number of aromatic nitrogens is 1. The average Bonchev–Trinajstić information content (AvgIpc) is 2.75. The predicted molar refractivity (Wildman–Crippen MR) is 69.4 cm³/mol. The fraction of sp³-hybridized carbons (Fsp3) is 0.167. The second-order valence-corrected chi connectivity index (χ2v) is 5.07. The first kappa shape index (κ1) is 13.0. The van der Waals surface area contributed by atoms with Crippen molar-refractivity contribution in [3.8, 4) is 0 Å². The van der Waals surface area contributed by atoms with Crippen molar-refractivity contribution in [3.63, 3.8) is 0 Å². The van der Waals surface area contributed by atoms with E-state index in [0.717, 1.165) is 10.7 Å². The van der Waals surface area contributed by atoms with Gasteiger partial charge in [0, 0.05) is 16.1 Å². The molecule has 0 fully saturated rings. The molecule has 0 radical (unpaired) electrons. The SMILES string of the molecule is Cc1csc(CNC(=O)c2cc(Cl)ccc2F)n1. The van der Waals surface area contributed by atoms with Gasteiger partial charge in [-0.25, -0.2) is 9.37 Å². The number of carbonyl (C=O) groups excluding carboxylic acids is 1. The maximum Gasteiger partial charge on any atom is 0.254 e. The zero-order valence-corrected chi connectivity index (χ0v) is 11.1. The Morgan fingerprint density at radius 3 is 3.00 bits per heavy atom. The smallest absolute Gasteiger partial charge is 0.254 e. The minimum absolute atomic E-state index is 0.0595. The molecule has 1 amide bonds. The third-order valence-corrected chi connectivity index (χ3v) is 3.44. The number of benzene rings is 1. The number of hydrogen-bond acceptors (Lipinski definition) is 3. The van der Waals surface area contributed by atoms with Crippen LogP contribution in [-0.4, -0.2) is 10.9 Å². The zero-order valence-electron chi connectivity index (χ0n) is 9.54. The molecule has 0 saturated heterocycles. The average molecular weight is 285 g/mol. The standard InChI is InChI=1S/C12H10ClFN2OS/c1-7-6-18-11(16-7)5-15-12(17)9-4-8(13)2-3-10(9)14/h2-4,6H,5H2,1H3,(H,15,17). The van der Waals surface area contributed by atoms with Gasteiger partial charge in [-0.2, -0.15) is 0 Å². The minimum atomic E-state index is -0.591. The van der Waals surface area contributed by atoms with Gasteiger partial charge < -0.3 is 5.32 Å². The van der Waals surface area contributed by atoms with Crippen molar-refractivity contribution in [2.24, 2.45) is 0 Å². The Morgan fingerprint density at radius 2 is 2.33 bits per heavy atom. The molecule has 1 aromatic carbocycles. The second-order valence-electron chi connectivity index (χ2n) is 3.69. The van der Waals surface area contributed by atoms with Crippen molar-refractivity contribution < 1.29 is 9.18 Å². The molecular formula is C12H10ClFN2OS. The molecule has 0 atom stereocenters. The maximum absolute atomic E-state index is 13.4. The van der Waals surface area contributed by atoms with E-state index in [4.69, 9.17) is 11.6 Å². The Balaban J connectivity index is 2.05. The van der Waals surface area contributed by atoms with Crippen LogP contribution < -0.4 is 5.32 Å². The molecule has 94 valence electrons. The van der Waals surface area contributed by atoms with Crippen molar-refractivity contribution in [2.45, 2.75) is 13.5 Å². The first-order chi connectivity index (χ1) is 8.56. The Labute approximate surface area is 113 Å². The summed E-state index contributed by atoms with van der Waals surface area (Å²) in [6.45, 7) is 2.15. The predicted octanol–water partition coefficient (Wildman–Crippen LogP) is 3.17. The summed E-state index contributed by atoms with van der Waals surface area (Å²) in [4.78, 5) is 16.0. The van der Waals surface area contributed by atoms with Crippen molar-refractivity contribution in [1.29, 1.82) is 0 Å². The number of aryl methyl sites for hydroxylation is 1. The summed E-state index contributed by atoms with van der Waals surface area (Å²) in [7, 11) is 0. The topological polar surface area (TPSA) is 42.0 Å². The van der Waals surface area contributed by atoms with Gasteiger partial charge in [-0.3, -0.25) is 4.79 Å². The van der Waals surface area contributed by atoms with Gasteiger partial charge in [0.1, 0.15) is 10.8 Å². The lowest BCUT2D eigenvalue weighted by Crippen LogP contribution is -2.23. The van der Waals surface area contributed by atoms with E-state index in [-0.39, 0.29) is 12.1 Å². The van der Waals surface area contributed by atoms with Crippen LogP contribution in [0.4, 0.5) is 4.39 Å². The minimum Gasteiger partial charge on any atom is -0.345 e. The van der Waals surface area contributed by atoms with Crippen LogP contribution in [0.2, 0.25) is 5.02 Å². The molecule has 1 N–H and O–H groups in total. The summed E-state index contributed by atoms with van der Waals surface area (Å²) in [6, 6.07) is 3.88. The number of hydrogen-bond donors (Lipinski definition) is 1. The van der Waals surface area contributed by atoms with E-state index in [1.54, 1.807) is 0 Å². The lowest BCUT2D eigenvalue weighted by atomic mass is 10.2. The molecular weight excluding hydrogens is 275 g/mol. The highest BCUT2D eigenvalue weighted by Crippen LogP contribution is 2.15. The van der Waals surface area contributed by atoms with Gasteiger partial charge in [0.15, 0.2) is 0 Å². The van der Waals surface area contributed by atoms with E-state index in [1.807, 2.05) is 12.3 Å². The highest BCUT2D eigenvalue weighted by Gasteiger charge is 2.12. The lowest BCUT2D eigenvalue weighted by molar-refractivity contribution is 0.0947. The van der Waals surface area contributed by atoms with Gasteiger partial charge in [-0.05, 0) is 25.1 Å². The van der Waals surface area contributed by atoms with Crippen LogP contribution in [0.15, 0.2) is 23.6 Å². The summed E-state index contributed by atoms with van der Waals surface area (Å²) in [5.41, 5.74) is 0.842.